The number of benzene rings is 2. The molecule has 0 aliphatic heterocycles. The molecule has 2 aromatic carbocycles. The highest BCUT2D eigenvalue weighted by atomic mass is 16.5. The molecule has 144 valence electrons. The van der Waals surface area contributed by atoms with Crippen LogP contribution in [0.4, 0.5) is 5.88 Å². The summed E-state index contributed by atoms with van der Waals surface area (Å²) in [5, 5.41) is 7.07. The Morgan fingerprint density at radius 1 is 1.07 bits per heavy atom. The summed E-state index contributed by atoms with van der Waals surface area (Å²) in [6, 6.07) is 17.5. The van der Waals surface area contributed by atoms with E-state index >= 15 is 0 Å². The zero-order chi connectivity index (χ0) is 20.2. The van der Waals surface area contributed by atoms with Crippen molar-refractivity contribution in [1.82, 2.24) is 15.1 Å². The van der Waals surface area contributed by atoms with Crippen molar-refractivity contribution in [1.29, 1.82) is 0 Å². The molecular formula is C23H20N4O2. The molecule has 6 nitrogen and oxygen atoms in total. The predicted octanol–water partition coefficient (Wildman–Crippen LogP) is 4.60. The molecule has 0 spiro atoms. The van der Waals surface area contributed by atoms with E-state index < -0.39 is 0 Å². The van der Waals surface area contributed by atoms with Gasteiger partial charge in [0.05, 0.1) is 17.7 Å². The van der Waals surface area contributed by atoms with E-state index in [1.54, 1.807) is 12.3 Å². The molecule has 0 saturated carbocycles. The smallest absolute Gasteiger partial charge is 0.241 e. The van der Waals surface area contributed by atoms with E-state index in [9.17, 15) is 4.79 Å². The lowest BCUT2D eigenvalue weighted by Gasteiger charge is -2.08. The van der Waals surface area contributed by atoms with Gasteiger partial charge >= 0.3 is 0 Å². The monoisotopic (exact) mass is 384 g/mol. The van der Waals surface area contributed by atoms with Crippen LogP contribution in [0.25, 0.3) is 22.5 Å². The van der Waals surface area contributed by atoms with E-state index in [0.29, 0.717) is 17.0 Å². The number of anilines is 1. The Morgan fingerprint density at radius 3 is 2.66 bits per heavy atom. The molecule has 29 heavy (non-hydrogen) atoms. The van der Waals surface area contributed by atoms with Crippen LogP contribution in [-0.4, -0.2) is 21.0 Å². The number of carbonyl (C=O) groups is 1. The predicted molar refractivity (Wildman–Crippen MR) is 111 cm³/mol. The highest BCUT2D eigenvalue weighted by Crippen LogP contribution is 2.36. The first-order chi connectivity index (χ1) is 14.1. The molecule has 2 heterocycles. The van der Waals surface area contributed by atoms with Gasteiger partial charge in [0.1, 0.15) is 12.0 Å². The molecule has 6 heteroatoms. The average molecular weight is 384 g/mol. The van der Waals surface area contributed by atoms with E-state index in [1.165, 1.54) is 6.33 Å². The van der Waals surface area contributed by atoms with Gasteiger partial charge in [-0.3, -0.25) is 10.1 Å². The van der Waals surface area contributed by atoms with Crippen LogP contribution in [0.5, 0.6) is 0 Å². The molecular weight excluding hydrogens is 364 g/mol. The first kappa shape index (κ1) is 18.6. The third-order valence-electron chi connectivity index (χ3n) is 4.69. The van der Waals surface area contributed by atoms with Crippen molar-refractivity contribution in [2.75, 3.05) is 5.32 Å². The van der Waals surface area contributed by atoms with Crippen LogP contribution >= 0.6 is 0 Å². The zero-order valence-corrected chi connectivity index (χ0v) is 16.2. The van der Waals surface area contributed by atoms with Gasteiger partial charge in [-0.1, -0.05) is 59.3 Å². The summed E-state index contributed by atoms with van der Waals surface area (Å²) in [7, 11) is 0. The number of rotatable bonds is 5. The average Bonchev–Trinajstić information content (AvgIpc) is 3.15. The van der Waals surface area contributed by atoms with Crippen LogP contribution in [0, 0.1) is 13.8 Å². The molecule has 0 atom stereocenters. The summed E-state index contributed by atoms with van der Waals surface area (Å²) in [5.41, 5.74) is 5.92. The minimum absolute atomic E-state index is 0.176. The first-order valence-corrected chi connectivity index (χ1v) is 9.29. The summed E-state index contributed by atoms with van der Waals surface area (Å²) >= 11 is 0. The van der Waals surface area contributed by atoms with E-state index in [2.05, 4.69) is 20.4 Å². The normalized spacial score (nSPS) is 10.7. The number of amides is 1. The Labute approximate surface area is 168 Å². The molecule has 0 aliphatic rings. The van der Waals surface area contributed by atoms with Gasteiger partial charge in [-0.15, -0.1) is 0 Å². The maximum absolute atomic E-state index is 12.7. The number of carbonyl (C=O) groups excluding carboxylic acids is 1. The second-order valence-corrected chi connectivity index (χ2v) is 6.85. The van der Waals surface area contributed by atoms with Gasteiger partial charge in [0.15, 0.2) is 0 Å². The fourth-order valence-electron chi connectivity index (χ4n) is 3.18. The van der Waals surface area contributed by atoms with Gasteiger partial charge in [0.2, 0.25) is 11.8 Å². The van der Waals surface area contributed by atoms with Crippen molar-refractivity contribution in [3.05, 3.63) is 83.8 Å². The molecule has 1 amide bonds. The van der Waals surface area contributed by atoms with Crippen LogP contribution in [0.3, 0.4) is 0 Å². The van der Waals surface area contributed by atoms with Crippen molar-refractivity contribution in [2.24, 2.45) is 0 Å². The van der Waals surface area contributed by atoms with E-state index in [0.717, 1.165) is 22.3 Å². The van der Waals surface area contributed by atoms with E-state index in [1.807, 2.05) is 62.4 Å². The van der Waals surface area contributed by atoms with Crippen LogP contribution in [0.2, 0.25) is 0 Å². The van der Waals surface area contributed by atoms with Gasteiger partial charge in [-0.25, -0.2) is 9.97 Å². The van der Waals surface area contributed by atoms with Crippen molar-refractivity contribution < 1.29 is 9.32 Å². The van der Waals surface area contributed by atoms with Crippen LogP contribution < -0.4 is 5.32 Å². The third kappa shape index (κ3) is 4.06. The van der Waals surface area contributed by atoms with Crippen LogP contribution in [0.15, 0.2) is 71.6 Å². The molecule has 0 bridgehead atoms. The van der Waals surface area contributed by atoms with Crippen molar-refractivity contribution in [2.45, 2.75) is 20.3 Å². The molecule has 0 saturated heterocycles. The van der Waals surface area contributed by atoms with Gasteiger partial charge in [0.25, 0.3) is 0 Å². The number of hydrogen-bond acceptors (Lipinski definition) is 5. The Balaban J connectivity index is 1.68. The van der Waals surface area contributed by atoms with E-state index in [4.69, 9.17) is 4.52 Å². The Hall–Kier alpha value is -3.80. The second-order valence-electron chi connectivity index (χ2n) is 6.85. The van der Waals surface area contributed by atoms with E-state index in [-0.39, 0.29) is 18.2 Å². The summed E-state index contributed by atoms with van der Waals surface area (Å²) in [4.78, 5) is 21.0. The number of aromatic nitrogens is 3. The Bertz CT molecular complexity index is 1140. The highest BCUT2D eigenvalue weighted by molar-refractivity contribution is 5.97. The molecule has 0 aliphatic carbocycles. The van der Waals surface area contributed by atoms with Gasteiger partial charge in [-0.2, -0.15) is 0 Å². The first-order valence-electron chi connectivity index (χ1n) is 9.29. The fraction of sp³-hybridized carbons (Fsp3) is 0.130. The molecule has 1 N–H and O–H groups in total. The van der Waals surface area contributed by atoms with Crippen LogP contribution in [0.1, 0.15) is 16.7 Å². The quantitative estimate of drug-likeness (QED) is 0.544. The number of nitrogens with zero attached hydrogens (tertiary/aromatic N) is 3. The second kappa shape index (κ2) is 8.06. The molecule has 4 rings (SSSR count). The summed E-state index contributed by atoms with van der Waals surface area (Å²) in [6.45, 7) is 4.01. The lowest BCUT2D eigenvalue weighted by atomic mass is 10.0. The van der Waals surface area contributed by atoms with Gasteiger partial charge in [-0.05, 0) is 31.0 Å². The molecule has 0 unspecified atom stereocenters. The molecule has 0 fully saturated rings. The summed E-state index contributed by atoms with van der Waals surface area (Å²) in [6.07, 6.45) is 3.35. The SMILES string of the molecule is Cc1ccc(C)c(CC(=O)Nc2onc(-c3ccccc3)c2-c2ccncn2)c1. The molecule has 2 aromatic heterocycles. The maximum atomic E-state index is 12.7. The Morgan fingerprint density at radius 2 is 1.90 bits per heavy atom. The maximum Gasteiger partial charge on any atom is 0.241 e. The standard InChI is InChI=1S/C23H20N4O2/c1-15-8-9-16(2)18(12-15)13-20(28)26-23-21(19-10-11-24-14-25-19)22(27-29-23)17-6-4-3-5-7-17/h3-12,14H,13H2,1-2H3,(H,26,28). The largest absolute Gasteiger partial charge is 0.337 e. The zero-order valence-electron chi connectivity index (χ0n) is 16.2. The van der Waals surface area contributed by atoms with Gasteiger partial charge < -0.3 is 4.52 Å². The van der Waals surface area contributed by atoms with Crippen LogP contribution in [-0.2, 0) is 11.2 Å². The lowest BCUT2D eigenvalue weighted by molar-refractivity contribution is -0.115. The lowest BCUT2D eigenvalue weighted by Crippen LogP contribution is -2.15. The Kier molecular flexibility index (Phi) is 5.16. The minimum Gasteiger partial charge on any atom is -0.337 e. The number of nitrogens with one attached hydrogen (secondary N) is 1. The topological polar surface area (TPSA) is 80.9 Å². The molecule has 4 aromatic rings. The fourth-order valence-corrected chi connectivity index (χ4v) is 3.18. The third-order valence-corrected chi connectivity index (χ3v) is 4.69. The van der Waals surface area contributed by atoms with Crippen molar-refractivity contribution in [3.63, 3.8) is 0 Å². The van der Waals surface area contributed by atoms with Crippen molar-refractivity contribution in [3.8, 4) is 22.5 Å². The number of aryl methyl sites for hydroxylation is 2. The van der Waals surface area contributed by atoms with Gasteiger partial charge in [0, 0.05) is 11.8 Å². The highest BCUT2D eigenvalue weighted by Gasteiger charge is 2.22. The summed E-state index contributed by atoms with van der Waals surface area (Å²) < 4.78 is 5.52. The minimum atomic E-state index is -0.176. The number of hydrogen-bond donors (Lipinski definition) is 1. The van der Waals surface area contributed by atoms with Crippen molar-refractivity contribution >= 4 is 11.8 Å². The summed E-state index contributed by atoms with van der Waals surface area (Å²) in [5.74, 6) is 0.0997. The molecule has 0 radical (unpaired) electrons.